The topological polar surface area (TPSA) is 57.1 Å². The maximum Gasteiger partial charge on any atom is 0.271 e. The van der Waals surface area contributed by atoms with Gasteiger partial charge in [0.05, 0.1) is 11.9 Å². The molecule has 6 heteroatoms. The molecule has 0 bridgehead atoms. The van der Waals surface area contributed by atoms with Crippen LogP contribution in [0.15, 0.2) is 28.4 Å². The predicted octanol–water partition coefficient (Wildman–Crippen LogP) is 1.82. The molecule has 5 nitrogen and oxygen atoms in total. The zero-order chi connectivity index (χ0) is 14.0. The van der Waals surface area contributed by atoms with Gasteiger partial charge in [-0.15, -0.1) is 11.6 Å². The normalized spacial score (nSPS) is 21.1. The minimum atomic E-state index is -0.828. The van der Waals surface area contributed by atoms with Crippen molar-refractivity contribution in [2.24, 2.45) is 10.2 Å². The Kier molecular flexibility index (Phi) is 3.85. The number of hydrazone groups is 2. The Balaban J connectivity index is 2.39. The highest BCUT2D eigenvalue weighted by Crippen LogP contribution is 2.24. The van der Waals surface area contributed by atoms with Crippen LogP contribution in [0.4, 0.5) is 5.69 Å². The van der Waals surface area contributed by atoms with Crippen molar-refractivity contribution in [3.05, 3.63) is 29.3 Å². The van der Waals surface area contributed by atoms with Crippen LogP contribution in [0, 0.1) is 13.8 Å². The second-order valence-electron chi connectivity index (χ2n) is 4.31. The van der Waals surface area contributed by atoms with E-state index in [1.165, 1.54) is 11.2 Å². The van der Waals surface area contributed by atoms with Gasteiger partial charge in [0.1, 0.15) is 5.71 Å². The standard InChI is InChI=1S/C13H15ClN4O/c1-8-4-5-11(9(2)6-8)18-13(19)12(14)10(7-16-18)17-15-3/h4-7,12,15H,1-3H3/b17-10+. The molecule has 0 fully saturated rings. The van der Waals surface area contributed by atoms with Crippen molar-refractivity contribution < 1.29 is 4.79 Å². The molecular weight excluding hydrogens is 264 g/mol. The highest BCUT2D eigenvalue weighted by Gasteiger charge is 2.31. The Morgan fingerprint density at radius 2 is 2.16 bits per heavy atom. The fourth-order valence-corrected chi connectivity index (χ4v) is 2.11. The smallest absolute Gasteiger partial charge is 0.271 e. The molecule has 2 rings (SSSR count). The summed E-state index contributed by atoms with van der Waals surface area (Å²) in [5.41, 5.74) is 5.86. The molecule has 1 unspecified atom stereocenters. The molecule has 1 aromatic rings. The monoisotopic (exact) mass is 278 g/mol. The summed E-state index contributed by atoms with van der Waals surface area (Å²) >= 11 is 6.09. The van der Waals surface area contributed by atoms with Crippen LogP contribution in [0.1, 0.15) is 11.1 Å². The minimum Gasteiger partial charge on any atom is -0.313 e. The maximum absolute atomic E-state index is 12.2. The van der Waals surface area contributed by atoms with E-state index < -0.39 is 5.38 Å². The molecule has 1 atom stereocenters. The number of hydrogen-bond acceptors (Lipinski definition) is 4. The first kappa shape index (κ1) is 13.5. The number of alkyl halides is 1. The molecule has 1 amide bonds. The molecule has 0 aromatic heterocycles. The van der Waals surface area contributed by atoms with E-state index in [0.29, 0.717) is 5.71 Å². The number of anilines is 1. The number of carbonyl (C=O) groups excluding carboxylic acids is 1. The molecule has 0 radical (unpaired) electrons. The van der Waals surface area contributed by atoms with E-state index in [-0.39, 0.29) is 5.91 Å². The van der Waals surface area contributed by atoms with Gasteiger partial charge >= 0.3 is 0 Å². The average Bonchev–Trinajstić information content (AvgIpc) is 2.37. The van der Waals surface area contributed by atoms with Gasteiger partial charge in [-0.05, 0) is 25.5 Å². The van der Waals surface area contributed by atoms with Gasteiger partial charge in [-0.25, -0.2) is 0 Å². The average molecular weight is 279 g/mol. The third kappa shape index (κ3) is 2.61. The summed E-state index contributed by atoms with van der Waals surface area (Å²) in [4.78, 5) is 12.2. The largest absolute Gasteiger partial charge is 0.313 e. The number of benzene rings is 1. The minimum absolute atomic E-state index is 0.301. The molecule has 0 saturated heterocycles. The van der Waals surface area contributed by atoms with Gasteiger partial charge in [0, 0.05) is 7.05 Å². The first-order chi connectivity index (χ1) is 9.04. The predicted molar refractivity (Wildman–Crippen MR) is 78.0 cm³/mol. The van der Waals surface area contributed by atoms with Crippen molar-refractivity contribution in [1.82, 2.24) is 5.43 Å². The number of nitrogens with one attached hydrogen (secondary N) is 1. The number of carbonyl (C=O) groups is 1. The van der Waals surface area contributed by atoms with E-state index in [0.717, 1.165) is 16.8 Å². The summed E-state index contributed by atoms with van der Waals surface area (Å²) in [6.07, 6.45) is 1.49. The van der Waals surface area contributed by atoms with Crippen LogP contribution in [0.3, 0.4) is 0 Å². The van der Waals surface area contributed by atoms with Gasteiger partial charge in [-0.3, -0.25) is 4.79 Å². The fourth-order valence-electron chi connectivity index (χ4n) is 1.91. The van der Waals surface area contributed by atoms with Crippen LogP contribution >= 0.6 is 11.6 Å². The zero-order valence-corrected chi connectivity index (χ0v) is 11.8. The first-order valence-electron chi connectivity index (χ1n) is 5.88. The lowest BCUT2D eigenvalue weighted by Gasteiger charge is -2.25. The molecule has 0 spiro atoms. The summed E-state index contributed by atoms with van der Waals surface area (Å²) in [5, 5.41) is 8.54. The lowest BCUT2D eigenvalue weighted by molar-refractivity contribution is -0.117. The van der Waals surface area contributed by atoms with E-state index in [9.17, 15) is 4.79 Å². The number of halogens is 1. The molecule has 1 aliphatic rings. The molecule has 1 aliphatic heterocycles. The zero-order valence-electron chi connectivity index (χ0n) is 11.0. The number of aryl methyl sites for hydroxylation is 2. The van der Waals surface area contributed by atoms with Gasteiger partial charge in [0.25, 0.3) is 5.91 Å². The molecule has 1 heterocycles. The highest BCUT2D eigenvalue weighted by atomic mass is 35.5. The van der Waals surface area contributed by atoms with Gasteiger partial charge in [-0.1, -0.05) is 17.7 Å². The van der Waals surface area contributed by atoms with Gasteiger partial charge in [-0.2, -0.15) is 15.2 Å². The third-order valence-corrected chi connectivity index (χ3v) is 3.22. The van der Waals surface area contributed by atoms with Crippen molar-refractivity contribution in [3.8, 4) is 0 Å². The van der Waals surface area contributed by atoms with Crippen molar-refractivity contribution >= 4 is 35.1 Å². The second kappa shape index (κ2) is 5.40. The van der Waals surface area contributed by atoms with E-state index >= 15 is 0 Å². The maximum atomic E-state index is 12.2. The Hall–Kier alpha value is -1.88. The SMILES string of the molecule is CN/N=C1\C=NN(c2ccc(C)cc2C)C(=O)C1Cl. The first-order valence-corrected chi connectivity index (χ1v) is 6.32. The van der Waals surface area contributed by atoms with Gasteiger partial charge < -0.3 is 5.43 Å². The van der Waals surface area contributed by atoms with Crippen LogP contribution in [-0.4, -0.2) is 30.3 Å². The summed E-state index contributed by atoms with van der Waals surface area (Å²) in [7, 11) is 1.64. The van der Waals surface area contributed by atoms with Crippen LogP contribution in [0.5, 0.6) is 0 Å². The number of hydrogen-bond donors (Lipinski definition) is 1. The van der Waals surface area contributed by atoms with E-state index in [2.05, 4.69) is 15.6 Å². The Morgan fingerprint density at radius 3 is 2.79 bits per heavy atom. The third-order valence-electron chi connectivity index (χ3n) is 2.81. The number of rotatable bonds is 2. The summed E-state index contributed by atoms with van der Waals surface area (Å²) in [5.74, 6) is -0.301. The Labute approximate surface area is 116 Å². The van der Waals surface area contributed by atoms with Crippen molar-refractivity contribution in [2.45, 2.75) is 19.2 Å². The molecular formula is C13H15ClN4O. The molecule has 1 aromatic carbocycles. The van der Waals surface area contributed by atoms with Crippen LogP contribution < -0.4 is 10.4 Å². The summed E-state index contributed by atoms with van der Waals surface area (Å²) in [6, 6.07) is 5.80. The molecule has 0 saturated carbocycles. The fraction of sp³-hybridized carbons (Fsp3) is 0.308. The molecule has 1 N–H and O–H groups in total. The van der Waals surface area contributed by atoms with Crippen LogP contribution in [0.2, 0.25) is 0 Å². The van der Waals surface area contributed by atoms with Crippen molar-refractivity contribution in [3.63, 3.8) is 0 Å². The lowest BCUT2D eigenvalue weighted by atomic mass is 10.1. The Morgan fingerprint density at radius 1 is 1.42 bits per heavy atom. The molecule has 0 aliphatic carbocycles. The summed E-state index contributed by atoms with van der Waals surface area (Å²) in [6.45, 7) is 3.94. The van der Waals surface area contributed by atoms with Gasteiger partial charge in [0.15, 0.2) is 5.38 Å². The van der Waals surface area contributed by atoms with Crippen molar-refractivity contribution in [1.29, 1.82) is 0 Å². The van der Waals surface area contributed by atoms with Crippen molar-refractivity contribution in [2.75, 3.05) is 12.1 Å². The van der Waals surface area contributed by atoms with E-state index in [1.807, 2.05) is 32.0 Å². The van der Waals surface area contributed by atoms with E-state index in [4.69, 9.17) is 11.6 Å². The second-order valence-corrected chi connectivity index (χ2v) is 4.74. The lowest BCUT2D eigenvalue weighted by Crippen LogP contribution is -2.43. The highest BCUT2D eigenvalue weighted by molar-refractivity contribution is 6.56. The Bertz CT molecular complexity index is 568. The van der Waals surface area contributed by atoms with Crippen LogP contribution in [0.25, 0.3) is 0 Å². The molecule has 100 valence electrons. The summed E-state index contributed by atoms with van der Waals surface area (Å²) < 4.78 is 0. The van der Waals surface area contributed by atoms with Gasteiger partial charge in [0.2, 0.25) is 0 Å². The van der Waals surface area contributed by atoms with Crippen LogP contribution in [-0.2, 0) is 4.79 Å². The number of nitrogens with zero attached hydrogens (tertiary/aromatic N) is 3. The molecule has 19 heavy (non-hydrogen) atoms. The van der Waals surface area contributed by atoms with E-state index in [1.54, 1.807) is 7.05 Å². The quantitative estimate of drug-likeness (QED) is 0.663. The number of amides is 1.